The first-order valence-corrected chi connectivity index (χ1v) is 5.43. The van der Waals surface area contributed by atoms with E-state index < -0.39 is 0 Å². The van der Waals surface area contributed by atoms with Gasteiger partial charge in [-0.2, -0.15) is 0 Å². The Balaban J connectivity index is 2.53. The lowest BCUT2D eigenvalue weighted by atomic mass is 10.1. The Morgan fingerprint density at radius 1 is 1.35 bits per heavy atom. The molecule has 1 rings (SSSR count). The SMILES string of the molecule is CC(=O)c1ccc(NCCCC(N)=O)cc1N. The van der Waals surface area contributed by atoms with E-state index >= 15 is 0 Å². The summed E-state index contributed by atoms with van der Waals surface area (Å²) in [6, 6.07) is 5.19. The summed E-state index contributed by atoms with van der Waals surface area (Å²) in [7, 11) is 0. The highest BCUT2D eigenvalue weighted by Crippen LogP contribution is 2.18. The van der Waals surface area contributed by atoms with Gasteiger partial charge in [0.25, 0.3) is 0 Å². The third-order valence-corrected chi connectivity index (χ3v) is 2.36. The van der Waals surface area contributed by atoms with Gasteiger partial charge in [0.05, 0.1) is 0 Å². The van der Waals surface area contributed by atoms with Crippen LogP contribution in [0, 0.1) is 0 Å². The van der Waals surface area contributed by atoms with Gasteiger partial charge in [0.1, 0.15) is 0 Å². The molecule has 0 radical (unpaired) electrons. The molecule has 0 bridgehead atoms. The summed E-state index contributed by atoms with van der Waals surface area (Å²) in [5.41, 5.74) is 12.6. The van der Waals surface area contributed by atoms with E-state index in [4.69, 9.17) is 11.5 Å². The standard InChI is InChI=1S/C12H17N3O2/c1-8(16)10-5-4-9(7-11(10)13)15-6-2-3-12(14)17/h4-5,7,15H,2-3,6,13H2,1H3,(H2,14,17). The van der Waals surface area contributed by atoms with E-state index in [1.807, 2.05) is 0 Å². The van der Waals surface area contributed by atoms with E-state index in [9.17, 15) is 9.59 Å². The molecule has 0 fully saturated rings. The van der Waals surface area contributed by atoms with Crippen molar-refractivity contribution >= 4 is 23.1 Å². The number of carbonyl (C=O) groups excluding carboxylic acids is 2. The molecule has 0 atom stereocenters. The van der Waals surface area contributed by atoms with Gasteiger partial charge in [-0.05, 0) is 31.5 Å². The van der Waals surface area contributed by atoms with Gasteiger partial charge in [0.15, 0.2) is 5.78 Å². The lowest BCUT2D eigenvalue weighted by Gasteiger charge is -2.08. The van der Waals surface area contributed by atoms with Crippen molar-refractivity contribution in [1.82, 2.24) is 0 Å². The Labute approximate surface area is 100 Å². The first-order valence-electron chi connectivity index (χ1n) is 5.43. The second-order valence-electron chi connectivity index (χ2n) is 3.85. The van der Waals surface area contributed by atoms with E-state index in [2.05, 4.69) is 5.32 Å². The van der Waals surface area contributed by atoms with Crippen LogP contribution in [0.4, 0.5) is 11.4 Å². The first-order chi connectivity index (χ1) is 8.00. The zero-order valence-electron chi connectivity index (χ0n) is 9.82. The number of primary amides is 1. The molecule has 0 saturated heterocycles. The van der Waals surface area contributed by atoms with Crippen LogP contribution in [0.2, 0.25) is 0 Å². The van der Waals surface area contributed by atoms with Crippen LogP contribution in [-0.4, -0.2) is 18.2 Å². The number of nitrogens with two attached hydrogens (primary N) is 2. The van der Waals surface area contributed by atoms with Crippen LogP contribution in [0.1, 0.15) is 30.1 Å². The fourth-order valence-electron chi connectivity index (χ4n) is 1.49. The third kappa shape index (κ3) is 4.14. The number of nitrogen functional groups attached to an aromatic ring is 1. The van der Waals surface area contributed by atoms with E-state index in [1.54, 1.807) is 18.2 Å². The van der Waals surface area contributed by atoms with Gasteiger partial charge in [-0.3, -0.25) is 9.59 Å². The number of ketones is 1. The number of hydrogen-bond acceptors (Lipinski definition) is 4. The molecule has 0 aliphatic carbocycles. The van der Waals surface area contributed by atoms with Crippen molar-refractivity contribution in [1.29, 1.82) is 0 Å². The predicted octanol–water partition coefficient (Wildman–Crippen LogP) is 1.15. The number of nitrogens with one attached hydrogen (secondary N) is 1. The summed E-state index contributed by atoms with van der Waals surface area (Å²) in [5, 5.41) is 3.11. The fraction of sp³-hybridized carbons (Fsp3) is 0.333. The maximum absolute atomic E-state index is 11.2. The second-order valence-corrected chi connectivity index (χ2v) is 3.85. The molecule has 92 valence electrons. The maximum Gasteiger partial charge on any atom is 0.217 e. The summed E-state index contributed by atoms with van der Waals surface area (Å²) >= 11 is 0. The molecule has 5 nitrogen and oxygen atoms in total. The molecule has 0 saturated carbocycles. The van der Waals surface area contributed by atoms with Gasteiger partial charge in [-0.25, -0.2) is 0 Å². The highest BCUT2D eigenvalue weighted by molar-refractivity contribution is 5.99. The van der Waals surface area contributed by atoms with Gasteiger partial charge in [0.2, 0.25) is 5.91 Å². The van der Waals surface area contributed by atoms with Crippen LogP contribution in [0.15, 0.2) is 18.2 Å². The van der Waals surface area contributed by atoms with Gasteiger partial charge in [0, 0.05) is 29.9 Å². The third-order valence-electron chi connectivity index (χ3n) is 2.36. The van der Waals surface area contributed by atoms with Crippen molar-refractivity contribution in [2.24, 2.45) is 5.73 Å². The molecule has 1 aromatic rings. The van der Waals surface area contributed by atoms with Crippen LogP contribution in [0.25, 0.3) is 0 Å². The van der Waals surface area contributed by atoms with Crippen LogP contribution < -0.4 is 16.8 Å². The highest BCUT2D eigenvalue weighted by atomic mass is 16.1. The lowest BCUT2D eigenvalue weighted by Crippen LogP contribution is -2.12. The van der Waals surface area contributed by atoms with Crippen LogP contribution in [0.3, 0.4) is 0 Å². The Kier molecular flexibility index (Phi) is 4.51. The summed E-state index contributed by atoms with van der Waals surface area (Å²) in [6.45, 7) is 2.12. The van der Waals surface area contributed by atoms with Gasteiger partial charge in [-0.15, -0.1) is 0 Å². The average Bonchev–Trinajstić information content (AvgIpc) is 2.23. The minimum Gasteiger partial charge on any atom is -0.398 e. The molecule has 0 aromatic heterocycles. The number of anilines is 2. The number of rotatable bonds is 6. The van der Waals surface area contributed by atoms with Crippen molar-refractivity contribution in [3.63, 3.8) is 0 Å². The van der Waals surface area contributed by atoms with Crippen LogP contribution in [0.5, 0.6) is 0 Å². The van der Waals surface area contributed by atoms with E-state index in [0.717, 1.165) is 5.69 Å². The van der Waals surface area contributed by atoms with Crippen LogP contribution in [-0.2, 0) is 4.79 Å². The summed E-state index contributed by atoms with van der Waals surface area (Å²) in [5.74, 6) is -0.360. The smallest absolute Gasteiger partial charge is 0.217 e. The summed E-state index contributed by atoms with van der Waals surface area (Å²) in [4.78, 5) is 21.7. The second kappa shape index (κ2) is 5.89. The average molecular weight is 235 g/mol. The first kappa shape index (κ1) is 13.0. The fourth-order valence-corrected chi connectivity index (χ4v) is 1.49. The lowest BCUT2D eigenvalue weighted by molar-refractivity contribution is -0.118. The van der Waals surface area contributed by atoms with Crippen molar-refractivity contribution in [2.75, 3.05) is 17.6 Å². The van der Waals surface area contributed by atoms with Gasteiger partial charge in [-0.1, -0.05) is 0 Å². The molecule has 0 aliphatic rings. The quantitative estimate of drug-likeness (QED) is 0.391. The molecule has 0 unspecified atom stereocenters. The van der Waals surface area contributed by atoms with E-state index in [0.29, 0.717) is 30.6 Å². The number of benzene rings is 1. The zero-order chi connectivity index (χ0) is 12.8. The zero-order valence-corrected chi connectivity index (χ0v) is 9.82. The molecular formula is C12H17N3O2. The molecule has 5 N–H and O–H groups in total. The highest BCUT2D eigenvalue weighted by Gasteiger charge is 2.04. The van der Waals surface area contributed by atoms with Gasteiger partial charge >= 0.3 is 0 Å². The Bertz CT molecular complexity index is 430. The van der Waals surface area contributed by atoms with Crippen molar-refractivity contribution in [2.45, 2.75) is 19.8 Å². The molecule has 17 heavy (non-hydrogen) atoms. The molecule has 5 heteroatoms. The molecule has 1 aromatic carbocycles. The van der Waals surface area contributed by atoms with Crippen molar-refractivity contribution in [3.8, 4) is 0 Å². The minimum atomic E-state index is -0.307. The molecule has 0 heterocycles. The number of amides is 1. The minimum absolute atomic E-state index is 0.0530. The number of Topliss-reactive ketones (excluding diaryl/α,β-unsaturated/α-hetero) is 1. The summed E-state index contributed by atoms with van der Waals surface area (Å²) in [6.07, 6.45) is 1.03. The van der Waals surface area contributed by atoms with Crippen molar-refractivity contribution in [3.05, 3.63) is 23.8 Å². The van der Waals surface area contributed by atoms with Crippen molar-refractivity contribution < 1.29 is 9.59 Å². The maximum atomic E-state index is 11.2. The largest absolute Gasteiger partial charge is 0.398 e. The topological polar surface area (TPSA) is 98.2 Å². The Morgan fingerprint density at radius 2 is 2.06 bits per heavy atom. The Morgan fingerprint density at radius 3 is 2.59 bits per heavy atom. The molecular weight excluding hydrogens is 218 g/mol. The summed E-state index contributed by atoms with van der Waals surface area (Å²) < 4.78 is 0. The molecule has 0 aliphatic heterocycles. The number of hydrogen-bond donors (Lipinski definition) is 3. The number of carbonyl (C=O) groups is 2. The molecule has 0 spiro atoms. The Hall–Kier alpha value is -2.04. The monoisotopic (exact) mass is 235 g/mol. The normalized spacial score (nSPS) is 9.94. The van der Waals surface area contributed by atoms with Gasteiger partial charge < -0.3 is 16.8 Å². The molecule has 1 amide bonds. The van der Waals surface area contributed by atoms with E-state index in [-0.39, 0.29) is 11.7 Å². The van der Waals surface area contributed by atoms with Crippen LogP contribution >= 0.6 is 0 Å². The van der Waals surface area contributed by atoms with E-state index in [1.165, 1.54) is 6.92 Å². The predicted molar refractivity (Wildman–Crippen MR) is 67.8 cm³/mol.